The molecule has 4 N–H and O–H groups in total. The van der Waals surface area contributed by atoms with E-state index < -0.39 is 0 Å². The molecule has 1 saturated heterocycles. The molecule has 0 spiro atoms. The fourth-order valence-electron chi connectivity index (χ4n) is 3.98. The van der Waals surface area contributed by atoms with Crippen molar-refractivity contribution in [2.24, 2.45) is 0 Å². The molecule has 0 radical (unpaired) electrons. The van der Waals surface area contributed by atoms with E-state index in [0.29, 0.717) is 11.9 Å². The number of hydrogen-bond donors (Lipinski definition) is 0. The highest BCUT2D eigenvalue weighted by Gasteiger charge is 2.26. The van der Waals surface area contributed by atoms with Crippen LogP contribution in [0.5, 0.6) is 5.88 Å². The zero-order chi connectivity index (χ0) is 23.5. The number of anilines is 1. The van der Waals surface area contributed by atoms with Crippen LogP contribution in [0.3, 0.4) is 0 Å². The maximum absolute atomic E-state index is 6.37. The molecule has 9 nitrogen and oxygen atoms in total. The van der Waals surface area contributed by atoms with Crippen LogP contribution in [-0.2, 0) is 0 Å². The Labute approximate surface area is 218 Å². The van der Waals surface area contributed by atoms with Gasteiger partial charge in [-0.3, -0.25) is 0 Å². The first-order chi connectivity index (χ1) is 16.6. The number of aromatic nitrogens is 4. The topological polar surface area (TPSA) is 140 Å². The highest BCUT2D eigenvalue weighted by atomic mass is 32.2. The van der Waals surface area contributed by atoms with Crippen molar-refractivity contribution in [1.82, 2.24) is 20.1 Å². The van der Waals surface area contributed by atoms with Crippen LogP contribution in [0.1, 0.15) is 51.8 Å². The molecule has 5 rings (SSSR count). The molecule has 4 heterocycles. The van der Waals surface area contributed by atoms with Crippen molar-refractivity contribution in [3.05, 3.63) is 41.8 Å². The summed E-state index contributed by atoms with van der Waals surface area (Å²) in [6.45, 7) is 7.97. The summed E-state index contributed by atoms with van der Waals surface area (Å²) in [5.41, 5.74) is 3.25. The van der Waals surface area contributed by atoms with E-state index in [1.807, 2.05) is 11.8 Å². The minimum absolute atomic E-state index is 0. The average molecular weight is 532 g/mol. The molecular weight excluding hydrogens is 498 g/mol. The smallest absolute Gasteiger partial charge is 0.324 e. The first-order valence-electron chi connectivity index (χ1n) is 11.8. The van der Waals surface area contributed by atoms with Gasteiger partial charge < -0.3 is 25.1 Å². The molecule has 1 aliphatic rings. The maximum atomic E-state index is 6.37. The number of thioether (sulfide) groups is 1. The van der Waals surface area contributed by atoms with Crippen LogP contribution in [0.4, 0.5) is 6.01 Å². The number of piperidine rings is 1. The van der Waals surface area contributed by atoms with Crippen LogP contribution < -0.4 is 9.64 Å². The molecule has 11 heteroatoms. The fraction of sp³-hybridized carbons (Fsp3) is 0.440. The molecule has 3 aromatic heterocycles. The number of nitrogens with zero attached hydrogens (tertiary/aromatic N) is 5. The molecule has 1 fully saturated rings. The monoisotopic (exact) mass is 531 g/mol. The van der Waals surface area contributed by atoms with Crippen LogP contribution in [0.15, 0.2) is 45.4 Å². The minimum atomic E-state index is 0. The molecule has 0 unspecified atom stereocenters. The number of fused-ring (bicyclic) bond motifs is 1. The highest BCUT2D eigenvalue weighted by molar-refractivity contribution is 7.99. The normalized spacial score (nSPS) is 14.1. The van der Waals surface area contributed by atoms with Crippen LogP contribution >= 0.6 is 23.1 Å². The van der Waals surface area contributed by atoms with Crippen molar-refractivity contribution in [2.45, 2.75) is 57.0 Å². The van der Waals surface area contributed by atoms with Gasteiger partial charge in [0.15, 0.2) is 5.82 Å². The Morgan fingerprint density at radius 3 is 2.56 bits per heavy atom. The van der Waals surface area contributed by atoms with Gasteiger partial charge in [-0.2, -0.15) is 4.98 Å². The largest absolute Gasteiger partial charge is 0.473 e. The molecule has 4 aromatic rings. The minimum Gasteiger partial charge on any atom is -0.473 e. The van der Waals surface area contributed by atoms with Crippen molar-refractivity contribution in [1.29, 1.82) is 0 Å². The van der Waals surface area contributed by atoms with E-state index in [-0.39, 0.29) is 23.0 Å². The second-order valence-corrected chi connectivity index (χ2v) is 10.8. The summed E-state index contributed by atoms with van der Waals surface area (Å²) in [5.74, 6) is 2.82. The van der Waals surface area contributed by atoms with Crippen molar-refractivity contribution in [2.75, 3.05) is 23.7 Å². The predicted octanol–water partition coefficient (Wildman–Crippen LogP) is 4.77. The molecule has 1 aliphatic heterocycles. The van der Waals surface area contributed by atoms with Crippen LogP contribution in [-0.4, -0.2) is 56.0 Å². The van der Waals surface area contributed by atoms with Crippen LogP contribution in [0.25, 0.3) is 21.3 Å². The molecule has 0 atom stereocenters. The van der Waals surface area contributed by atoms with E-state index in [4.69, 9.17) is 9.26 Å². The van der Waals surface area contributed by atoms with E-state index in [9.17, 15) is 0 Å². The summed E-state index contributed by atoms with van der Waals surface area (Å²) in [5, 5.41) is 6.24. The Balaban J connectivity index is 0.00000180. The van der Waals surface area contributed by atoms with E-state index in [1.54, 1.807) is 17.7 Å². The van der Waals surface area contributed by atoms with Gasteiger partial charge in [0.1, 0.15) is 17.1 Å². The number of thiophene rings is 1. The summed E-state index contributed by atoms with van der Waals surface area (Å²) in [4.78, 5) is 17.0. The van der Waals surface area contributed by atoms with E-state index >= 15 is 0 Å². The molecule has 1 aromatic carbocycles. The molecule has 0 bridgehead atoms. The van der Waals surface area contributed by atoms with Crippen molar-refractivity contribution >= 4 is 39.3 Å². The SMILES string of the molecule is CCCSc1ccc(-c2csc3c(OC4CCN(c5nc(C(C)C)no5)CC4)ncnc23)cc1.O.O. The average Bonchev–Trinajstić information content (AvgIpc) is 3.52. The van der Waals surface area contributed by atoms with Gasteiger partial charge in [0, 0.05) is 47.7 Å². The second kappa shape index (κ2) is 12.5. The van der Waals surface area contributed by atoms with E-state index in [1.165, 1.54) is 16.9 Å². The van der Waals surface area contributed by atoms with Crippen molar-refractivity contribution in [3.8, 4) is 17.0 Å². The van der Waals surface area contributed by atoms with E-state index in [2.05, 4.69) is 75.4 Å². The van der Waals surface area contributed by atoms with E-state index in [0.717, 1.165) is 53.3 Å². The molecule has 36 heavy (non-hydrogen) atoms. The maximum Gasteiger partial charge on any atom is 0.324 e. The lowest BCUT2D eigenvalue weighted by molar-refractivity contribution is 0.164. The van der Waals surface area contributed by atoms with Gasteiger partial charge in [0.2, 0.25) is 5.88 Å². The summed E-state index contributed by atoms with van der Waals surface area (Å²) in [6.07, 6.45) is 4.64. The fourth-order valence-corrected chi connectivity index (χ4v) is 5.71. The van der Waals surface area contributed by atoms with Gasteiger partial charge in [0.25, 0.3) is 0 Å². The Morgan fingerprint density at radius 1 is 1.14 bits per heavy atom. The third-order valence-corrected chi connectivity index (χ3v) is 8.07. The quantitative estimate of drug-likeness (QED) is 0.296. The highest BCUT2D eigenvalue weighted by Crippen LogP contribution is 2.38. The number of rotatable bonds is 8. The van der Waals surface area contributed by atoms with Gasteiger partial charge >= 0.3 is 6.01 Å². The Hall–Kier alpha value is -2.73. The number of benzene rings is 1. The lowest BCUT2D eigenvalue weighted by atomic mass is 10.1. The summed E-state index contributed by atoms with van der Waals surface area (Å²) >= 11 is 3.54. The summed E-state index contributed by atoms with van der Waals surface area (Å²) in [6, 6.07) is 9.35. The van der Waals surface area contributed by atoms with Crippen LogP contribution in [0, 0.1) is 0 Å². The standard InChI is InChI=1S/C25H29N5O2S2.2H2O/c1-4-13-33-19-7-5-17(6-8-19)20-14-34-22-21(20)26-15-27-24(22)31-18-9-11-30(12-10-18)25-28-23(16(2)3)29-32-25;;/h5-8,14-16,18H,4,9-13H2,1-3H3;2*1H2. The van der Waals surface area contributed by atoms with Gasteiger partial charge in [0.05, 0.1) is 5.52 Å². The van der Waals surface area contributed by atoms with Crippen molar-refractivity contribution < 1.29 is 20.2 Å². The lowest BCUT2D eigenvalue weighted by Gasteiger charge is -2.30. The molecular formula is C25H33N5O4S2. The number of ether oxygens (including phenoxy) is 1. The van der Waals surface area contributed by atoms with Crippen LogP contribution in [0.2, 0.25) is 0 Å². The molecule has 194 valence electrons. The van der Waals surface area contributed by atoms with Gasteiger partial charge in [-0.15, -0.1) is 23.1 Å². The molecule has 0 amide bonds. The Morgan fingerprint density at radius 2 is 1.89 bits per heavy atom. The van der Waals surface area contributed by atoms with Gasteiger partial charge in [-0.1, -0.05) is 38.1 Å². The predicted molar refractivity (Wildman–Crippen MR) is 145 cm³/mol. The Bertz CT molecular complexity index is 1240. The van der Waals surface area contributed by atoms with Crippen molar-refractivity contribution in [3.63, 3.8) is 0 Å². The first kappa shape index (κ1) is 27.9. The summed E-state index contributed by atoms with van der Waals surface area (Å²) < 4.78 is 12.8. The lowest BCUT2D eigenvalue weighted by Crippen LogP contribution is -2.38. The number of hydrogen-bond acceptors (Lipinski definition) is 9. The zero-order valence-corrected chi connectivity index (χ0v) is 22.4. The Kier molecular flexibility index (Phi) is 9.66. The second-order valence-electron chi connectivity index (χ2n) is 8.77. The first-order valence-corrected chi connectivity index (χ1v) is 13.7. The third kappa shape index (κ3) is 5.97. The summed E-state index contributed by atoms with van der Waals surface area (Å²) in [7, 11) is 0. The zero-order valence-electron chi connectivity index (χ0n) is 20.7. The van der Waals surface area contributed by atoms with Gasteiger partial charge in [-0.05, 0) is 29.9 Å². The molecule has 0 saturated carbocycles. The molecule has 0 aliphatic carbocycles. The van der Waals surface area contributed by atoms with Gasteiger partial charge in [-0.25, -0.2) is 9.97 Å². The third-order valence-electron chi connectivity index (χ3n) is 5.90.